The van der Waals surface area contributed by atoms with Crippen molar-refractivity contribution >= 4 is 11.6 Å². The van der Waals surface area contributed by atoms with Gasteiger partial charge < -0.3 is 16.0 Å². The zero-order chi connectivity index (χ0) is 15.2. The Morgan fingerprint density at radius 1 is 1.48 bits per heavy atom. The summed E-state index contributed by atoms with van der Waals surface area (Å²) < 4.78 is 0. The van der Waals surface area contributed by atoms with E-state index in [1.54, 1.807) is 0 Å². The third-order valence-corrected chi connectivity index (χ3v) is 4.12. The number of carbonyl (C=O) groups is 1. The Morgan fingerprint density at radius 3 is 3.00 bits per heavy atom. The van der Waals surface area contributed by atoms with Crippen molar-refractivity contribution in [3.8, 4) is 0 Å². The largest absolute Gasteiger partial charge is 0.371 e. The van der Waals surface area contributed by atoms with E-state index in [4.69, 9.17) is 5.73 Å². The topological polar surface area (TPSA) is 58.4 Å². The van der Waals surface area contributed by atoms with Crippen LogP contribution >= 0.6 is 0 Å². The van der Waals surface area contributed by atoms with E-state index in [-0.39, 0.29) is 11.9 Å². The van der Waals surface area contributed by atoms with Crippen LogP contribution in [0.4, 0.5) is 5.69 Å². The molecule has 116 valence electrons. The standard InChI is InChI=1S/C17H27N3O/c1-3-9-19-15(17(18)21)8-11-20-10-4-5-14-12-13(2)6-7-16(14)20/h6-7,12,15,19H,3-5,8-11H2,1-2H3,(H2,18,21). The number of primary amides is 1. The van der Waals surface area contributed by atoms with Crippen molar-refractivity contribution in [1.82, 2.24) is 5.32 Å². The predicted molar refractivity (Wildman–Crippen MR) is 87.6 cm³/mol. The minimum Gasteiger partial charge on any atom is -0.371 e. The molecule has 1 aromatic carbocycles. The summed E-state index contributed by atoms with van der Waals surface area (Å²) in [6.45, 7) is 7.00. The van der Waals surface area contributed by atoms with Gasteiger partial charge in [-0.15, -0.1) is 0 Å². The van der Waals surface area contributed by atoms with E-state index in [0.717, 1.165) is 38.9 Å². The highest BCUT2D eigenvalue weighted by atomic mass is 16.1. The Balaban J connectivity index is 1.99. The molecule has 0 fully saturated rings. The van der Waals surface area contributed by atoms with Crippen LogP contribution in [0.5, 0.6) is 0 Å². The Labute approximate surface area is 127 Å². The van der Waals surface area contributed by atoms with Crippen LogP contribution in [-0.2, 0) is 11.2 Å². The van der Waals surface area contributed by atoms with Gasteiger partial charge in [-0.05, 0) is 50.8 Å². The molecule has 2 rings (SSSR count). The van der Waals surface area contributed by atoms with Gasteiger partial charge in [-0.2, -0.15) is 0 Å². The lowest BCUT2D eigenvalue weighted by molar-refractivity contribution is -0.120. The molecule has 0 radical (unpaired) electrons. The number of nitrogens with one attached hydrogen (secondary N) is 1. The number of amides is 1. The summed E-state index contributed by atoms with van der Waals surface area (Å²) in [5.41, 5.74) is 9.56. The van der Waals surface area contributed by atoms with Gasteiger partial charge in [-0.3, -0.25) is 4.79 Å². The summed E-state index contributed by atoms with van der Waals surface area (Å²) >= 11 is 0. The fraction of sp³-hybridized carbons (Fsp3) is 0.588. The second kappa shape index (κ2) is 7.46. The van der Waals surface area contributed by atoms with Crippen molar-refractivity contribution in [2.75, 3.05) is 24.5 Å². The molecule has 1 amide bonds. The number of benzene rings is 1. The molecule has 0 aromatic heterocycles. The second-order valence-corrected chi connectivity index (χ2v) is 5.92. The van der Waals surface area contributed by atoms with Crippen molar-refractivity contribution < 1.29 is 4.79 Å². The van der Waals surface area contributed by atoms with Gasteiger partial charge in [0, 0.05) is 18.8 Å². The molecule has 1 aliphatic rings. The Kier molecular flexibility index (Phi) is 5.62. The molecule has 4 heteroatoms. The zero-order valence-corrected chi connectivity index (χ0v) is 13.2. The molecule has 0 bridgehead atoms. The van der Waals surface area contributed by atoms with Crippen molar-refractivity contribution in [2.45, 2.75) is 45.6 Å². The number of anilines is 1. The monoisotopic (exact) mass is 289 g/mol. The van der Waals surface area contributed by atoms with Gasteiger partial charge in [0.25, 0.3) is 0 Å². The van der Waals surface area contributed by atoms with Crippen molar-refractivity contribution in [3.63, 3.8) is 0 Å². The van der Waals surface area contributed by atoms with Crippen LogP contribution < -0.4 is 16.0 Å². The van der Waals surface area contributed by atoms with Gasteiger partial charge in [-0.1, -0.05) is 24.6 Å². The molecule has 4 nitrogen and oxygen atoms in total. The summed E-state index contributed by atoms with van der Waals surface area (Å²) in [5.74, 6) is -0.246. The van der Waals surface area contributed by atoms with Gasteiger partial charge in [-0.25, -0.2) is 0 Å². The number of fused-ring (bicyclic) bond motifs is 1. The van der Waals surface area contributed by atoms with E-state index in [9.17, 15) is 4.79 Å². The van der Waals surface area contributed by atoms with Crippen LogP contribution in [0.25, 0.3) is 0 Å². The van der Waals surface area contributed by atoms with Crippen molar-refractivity contribution in [2.24, 2.45) is 5.73 Å². The first kappa shape index (κ1) is 15.8. The van der Waals surface area contributed by atoms with E-state index in [2.05, 4.69) is 42.3 Å². The van der Waals surface area contributed by atoms with Gasteiger partial charge in [0.1, 0.15) is 0 Å². The van der Waals surface area contributed by atoms with Gasteiger partial charge in [0.05, 0.1) is 6.04 Å². The number of nitrogens with zero attached hydrogens (tertiary/aromatic N) is 1. The maximum Gasteiger partial charge on any atom is 0.234 e. The smallest absolute Gasteiger partial charge is 0.234 e. The molecule has 0 spiro atoms. The number of hydrogen-bond acceptors (Lipinski definition) is 3. The van der Waals surface area contributed by atoms with Crippen LogP contribution in [0, 0.1) is 6.92 Å². The lowest BCUT2D eigenvalue weighted by atomic mass is 9.99. The molecule has 1 atom stereocenters. The molecule has 1 aliphatic heterocycles. The first-order valence-electron chi connectivity index (χ1n) is 7.99. The van der Waals surface area contributed by atoms with Crippen molar-refractivity contribution in [1.29, 1.82) is 0 Å². The molecular formula is C17H27N3O. The minimum atomic E-state index is -0.246. The summed E-state index contributed by atoms with van der Waals surface area (Å²) in [4.78, 5) is 13.9. The summed E-state index contributed by atoms with van der Waals surface area (Å²) in [7, 11) is 0. The third-order valence-electron chi connectivity index (χ3n) is 4.12. The zero-order valence-electron chi connectivity index (χ0n) is 13.2. The molecule has 3 N–H and O–H groups in total. The molecule has 0 saturated heterocycles. The molecule has 0 saturated carbocycles. The highest BCUT2D eigenvalue weighted by Gasteiger charge is 2.20. The van der Waals surface area contributed by atoms with Gasteiger partial charge in [0.15, 0.2) is 0 Å². The summed E-state index contributed by atoms with van der Waals surface area (Å²) in [6, 6.07) is 6.43. The highest BCUT2D eigenvalue weighted by molar-refractivity contribution is 5.79. The molecule has 1 unspecified atom stereocenters. The predicted octanol–water partition coefficient (Wildman–Crippen LogP) is 1.99. The van der Waals surface area contributed by atoms with E-state index < -0.39 is 0 Å². The molecular weight excluding hydrogens is 262 g/mol. The number of nitrogens with two attached hydrogens (primary N) is 1. The van der Waals surface area contributed by atoms with Crippen molar-refractivity contribution in [3.05, 3.63) is 29.3 Å². The maximum atomic E-state index is 11.5. The molecule has 0 aliphatic carbocycles. The number of aryl methyl sites for hydroxylation is 2. The highest BCUT2D eigenvalue weighted by Crippen LogP contribution is 2.28. The first-order chi connectivity index (χ1) is 10.1. The Bertz CT molecular complexity index is 487. The maximum absolute atomic E-state index is 11.5. The Hall–Kier alpha value is -1.55. The minimum absolute atomic E-state index is 0.222. The first-order valence-corrected chi connectivity index (χ1v) is 7.99. The van der Waals surface area contributed by atoms with Crippen LogP contribution in [0.3, 0.4) is 0 Å². The van der Waals surface area contributed by atoms with E-state index >= 15 is 0 Å². The van der Waals surface area contributed by atoms with Crippen LogP contribution in [0.2, 0.25) is 0 Å². The average Bonchev–Trinajstić information content (AvgIpc) is 2.46. The fourth-order valence-corrected chi connectivity index (χ4v) is 2.98. The Morgan fingerprint density at radius 2 is 2.29 bits per heavy atom. The van der Waals surface area contributed by atoms with E-state index in [1.165, 1.54) is 23.2 Å². The number of hydrogen-bond donors (Lipinski definition) is 2. The fourth-order valence-electron chi connectivity index (χ4n) is 2.98. The van der Waals surface area contributed by atoms with Crippen LogP contribution in [0.15, 0.2) is 18.2 Å². The van der Waals surface area contributed by atoms with Crippen LogP contribution in [-0.4, -0.2) is 31.6 Å². The van der Waals surface area contributed by atoms with Gasteiger partial charge in [0.2, 0.25) is 5.91 Å². The lowest BCUT2D eigenvalue weighted by Gasteiger charge is -2.32. The van der Waals surface area contributed by atoms with Crippen LogP contribution in [0.1, 0.15) is 37.3 Å². The number of carbonyl (C=O) groups excluding carboxylic acids is 1. The normalized spacial score (nSPS) is 15.6. The molecule has 1 aromatic rings. The average molecular weight is 289 g/mol. The third kappa shape index (κ3) is 4.21. The van der Waals surface area contributed by atoms with Gasteiger partial charge >= 0.3 is 0 Å². The quantitative estimate of drug-likeness (QED) is 0.807. The number of rotatable bonds is 7. The summed E-state index contributed by atoms with van der Waals surface area (Å²) in [6.07, 6.45) is 4.11. The SMILES string of the molecule is CCCNC(CCN1CCCc2cc(C)ccc21)C(N)=O. The van der Waals surface area contributed by atoms with E-state index in [0.29, 0.717) is 0 Å². The van der Waals surface area contributed by atoms with E-state index in [1.807, 2.05) is 0 Å². The molecule has 21 heavy (non-hydrogen) atoms. The second-order valence-electron chi connectivity index (χ2n) is 5.92. The molecule has 1 heterocycles. The lowest BCUT2D eigenvalue weighted by Crippen LogP contribution is -2.44. The summed E-state index contributed by atoms with van der Waals surface area (Å²) in [5, 5.41) is 3.24.